The molecule has 2 atom stereocenters. The maximum atomic E-state index is 14.3. The van der Waals surface area contributed by atoms with Crippen molar-refractivity contribution in [3.63, 3.8) is 0 Å². The molecular formula is C29H33BrN4O6S. The van der Waals surface area contributed by atoms with Crippen molar-refractivity contribution < 1.29 is 27.5 Å². The van der Waals surface area contributed by atoms with E-state index in [1.807, 2.05) is 37.3 Å². The zero-order valence-corrected chi connectivity index (χ0v) is 25.7. The van der Waals surface area contributed by atoms with Gasteiger partial charge in [-0.2, -0.15) is 0 Å². The van der Waals surface area contributed by atoms with E-state index in [-0.39, 0.29) is 13.1 Å². The van der Waals surface area contributed by atoms with E-state index in [1.54, 1.807) is 38.3 Å². The molecule has 0 radical (unpaired) electrons. The van der Waals surface area contributed by atoms with E-state index in [9.17, 15) is 22.8 Å². The van der Waals surface area contributed by atoms with Gasteiger partial charge in [0.05, 0.1) is 37.6 Å². The first-order valence-corrected chi connectivity index (χ1v) is 16.0. The number of rotatable bonds is 9. The summed E-state index contributed by atoms with van der Waals surface area (Å²) in [5, 5.41) is 7.60. The van der Waals surface area contributed by atoms with Crippen molar-refractivity contribution >= 4 is 65.6 Å². The molecule has 0 saturated carbocycles. The van der Waals surface area contributed by atoms with E-state index in [2.05, 4.69) is 26.6 Å². The molecular weight excluding hydrogens is 612 g/mol. The van der Waals surface area contributed by atoms with Crippen LogP contribution in [0.1, 0.15) is 19.4 Å². The molecule has 4 rings (SSSR count). The minimum Gasteiger partial charge on any atom is -0.496 e. The number of carbonyl (C=O) groups is 3. The molecule has 2 unspecified atom stereocenters. The van der Waals surface area contributed by atoms with Crippen LogP contribution in [0, 0.1) is 0 Å². The maximum Gasteiger partial charge on any atom is 0.251 e. The van der Waals surface area contributed by atoms with Crippen molar-refractivity contribution in [1.29, 1.82) is 0 Å². The summed E-state index contributed by atoms with van der Waals surface area (Å²) in [4.78, 5) is 43.5. The fourth-order valence-electron chi connectivity index (χ4n) is 4.97. The third-order valence-electron chi connectivity index (χ3n) is 6.91. The molecule has 0 fully saturated rings. The molecule has 3 aromatic rings. The second-order valence-corrected chi connectivity index (χ2v) is 12.9. The third kappa shape index (κ3) is 6.71. The number of nitrogens with zero attached hydrogens (tertiary/aromatic N) is 2. The van der Waals surface area contributed by atoms with Crippen LogP contribution in [0.15, 0.2) is 59.1 Å². The quantitative estimate of drug-likeness (QED) is 0.367. The average molecular weight is 646 g/mol. The van der Waals surface area contributed by atoms with E-state index in [1.165, 1.54) is 9.80 Å². The van der Waals surface area contributed by atoms with Crippen molar-refractivity contribution in [3.8, 4) is 5.75 Å². The number of benzene rings is 3. The topological polar surface area (TPSA) is 125 Å². The Kier molecular flexibility index (Phi) is 9.35. The van der Waals surface area contributed by atoms with E-state index in [4.69, 9.17) is 4.74 Å². The highest BCUT2D eigenvalue weighted by molar-refractivity contribution is 9.10. The second kappa shape index (κ2) is 12.6. The molecule has 2 N–H and O–H groups in total. The van der Waals surface area contributed by atoms with Crippen LogP contribution in [0.3, 0.4) is 0 Å². The Labute approximate surface area is 248 Å². The number of para-hydroxylation sites is 2. The Bertz CT molecular complexity index is 1600. The smallest absolute Gasteiger partial charge is 0.251 e. The average Bonchev–Trinajstić information content (AvgIpc) is 3.03. The summed E-state index contributed by atoms with van der Waals surface area (Å²) in [5.74, 6) is -1.73. The summed E-state index contributed by atoms with van der Waals surface area (Å²) in [7, 11) is -2.12. The lowest BCUT2D eigenvalue weighted by molar-refractivity contribution is -0.128. The molecule has 1 heterocycles. The standard InChI is InChI=1S/C29H33BrN4O6S/c1-5-31-18(2)28(36)32-23-16-33(27(35)17-41(4,38)39)24-11-6-7-12-25(24)34(29(23)37)15-21-19-9-8-10-22(30)20(19)13-14-26(21)40-3/h6-14,18,23,31H,5,15-17H2,1-4H3,(H,32,36). The van der Waals surface area contributed by atoms with Crippen LogP contribution >= 0.6 is 15.9 Å². The fourth-order valence-corrected chi connectivity index (χ4v) is 6.07. The van der Waals surface area contributed by atoms with Gasteiger partial charge in [0, 0.05) is 16.3 Å². The van der Waals surface area contributed by atoms with Crippen LogP contribution < -0.4 is 25.2 Å². The number of halogens is 1. The van der Waals surface area contributed by atoms with E-state index in [0.717, 1.165) is 27.1 Å². The zero-order valence-electron chi connectivity index (χ0n) is 23.3. The SMILES string of the molecule is CCNC(C)C(=O)NC1CN(C(=O)CS(C)(=O)=O)c2ccccc2N(Cc2c(OC)ccc3c(Br)cccc23)C1=O. The first-order chi connectivity index (χ1) is 19.4. The van der Waals surface area contributed by atoms with Crippen molar-refractivity contribution in [1.82, 2.24) is 10.6 Å². The fraction of sp³-hybridized carbons (Fsp3) is 0.345. The minimum absolute atomic E-state index is 0.0655. The summed E-state index contributed by atoms with van der Waals surface area (Å²) in [6.07, 6.45) is 0.981. The minimum atomic E-state index is -3.67. The summed E-state index contributed by atoms with van der Waals surface area (Å²) in [6, 6.07) is 14.6. The van der Waals surface area contributed by atoms with E-state index >= 15 is 0 Å². The van der Waals surface area contributed by atoms with E-state index in [0.29, 0.717) is 23.7 Å². The first-order valence-electron chi connectivity index (χ1n) is 13.1. The molecule has 0 bridgehead atoms. The highest BCUT2D eigenvalue weighted by atomic mass is 79.9. The van der Waals surface area contributed by atoms with Crippen molar-refractivity contribution in [2.45, 2.75) is 32.5 Å². The third-order valence-corrected chi connectivity index (χ3v) is 8.38. The van der Waals surface area contributed by atoms with E-state index < -0.39 is 45.4 Å². The van der Waals surface area contributed by atoms with Crippen molar-refractivity contribution in [2.24, 2.45) is 0 Å². The Morgan fingerprint density at radius 3 is 2.44 bits per heavy atom. The molecule has 10 nitrogen and oxygen atoms in total. The molecule has 0 aliphatic carbocycles. The second-order valence-electron chi connectivity index (χ2n) is 9.91. The molecule has 3 aromatic carbocycles. The Morgan fingerprint density at radius 2 is 1.78 bits per heavy atom. The van der Waals surface area contributed by atoms with Gasteiger partial charge in [0.1, 0.15) is 17.5 Å². The van der Waals surface area contributed by atoms with Crippen LogP contribution in [0.25, 0.3) is 10.8 Å². The number of likely N-dealkylation sites (N-methyl/N-ethyl adjacent to an activating group) is 1. The molecule has 12 heteroatoms. The Morgan fingerprint density at radius 1 is 1.07 bits per heavy atom. The molecule has 218 valence electrons. The summed E-state index contributed by atoms with van der Waals surface area (Å²) < 4.78 is 30.7. The molecule has 1 aliphatic rings. The van der Waals surface area contributed by atoms with Crippen LogP contribution in [0.4, 0.5) is 11.4 Å². The lowest BCUT2D eigenvalue weighted by Crippen LogP contribution is -2.56. The van der Waals surface area contributed by atoms with Gasteiger partial charge in [0.25, 0.3) is 5.91 Å². The van der Waals surface area contributed by atoms with Gasteiger partial charge in [-0.3, -0.25) is 14.4 Å². The van der Waals surface area contributed by atoms with Gasteiger partial charge in [-0.05, 0) is 54.6 Å². The first kappa shape index (κ1) is 30.5. The maximum absolute atomic E-state index is 14.3. The lowest BCUT2D eigenvalue weighted by Gasteiger charge is -2.27. The number of hydrogen-bond acceptors (Lipinski definition) is 7. The number of ether oxygens (including phenoxy) is 1. The zero-order chi connectivity index (χ0) is 29.9. The summed E-state index contributed by atoms with van der Waals surface area (Å²) in [5.41, 5.74) is 1.51. The monoisotopic (exact) mass is 644 g/mol. The van der Waals surface area contributed by atoms with Crippen molar-refractivity contribution in [2.75, 3.05) is 42.0 Å². The number of nitrogens with one attached hydrogen (secondary N) is 2. The largest absolute Gasteiger partial charge is 0.496 e. The predicted molar refractivity (Wildman–Crippen MR) is 163 cm³/mol. The number of methoxy groups -OCH3 is 1. The summed E-state index contributed by atoms with van der Waals surface area (Å²) >= 11 is 3.60. The van der Waals surface area contributed by atoms with Gasteiger partial charge in [-0.1, -0.05) is 47.1 Å². The van der Waals surface area contributed by atoms with Gasteiger partial charge >= 0.3 is 0 Å². The number of sulfone groups is 1. The van der Waals surface area contributed by atoms with Gasteiger partial charge in [0.2, 0.25) is 11.8 Å². The van der Waals surface area contributed by atoms with Crippen molar-refractivity contribution in [3.05, 3.63) is 64.6 Å². The number of hydrogen-bond donors (Lipinski definition) is 2. The van der Waals surface area contributed by atoms with Gasteiger partial charge in [-0.15, -0.1) is 0 Å². The number of carbonyl (C=O) groups excluding carboxylic acids is 3. The van der Waals surface area contributed by atoms with Crippen LogP contribution in [0.5, 0.6) is 5.75 Å². The molecule has 41 heavy (non-hydrogen) atoms. The van der Waals surface area contributed by atoms with Gasteiger partial charge in [-0.25, -0.2) is 8.42 Å². The highest BCUT2D eigenvalue weighted by Crippen LogP contribution is 2.38. The molecule has 1 aliphatic heterocycles. The Balaban J connectivity index is 1.87. The molecule has 3 amide bonds. The number of anilines is 2. The number of amides is 3. The lowest BCUT2D eigenvalue weighted by atomic mass is 10.0. The van der Waals surface area contributed by atoms with Gasteiger partial charge < -0.3 is 25.2 Å². The van der Waals surface area contributed by atoms with Gasteiger partial charge in [0.15, 0.2) is 9.84 Å². The highest BCUT2D eigenvalue weighted by Gasteiger charge is 2.38. The molecule has 0 saturated heterocycles. The number of fused-ring (bicyclic) bond motifs is 2. The molecule has 0 spiro atoms. The molecule has 0 aromatic heterocycles. The summed E-state index contributed by atoms with van der Waals surface area (Å²) in [6.45, 7) is 3.91. The normalized spacial score (nSPS) is 16.2. The predicted octanol–water partition coefficient (Wildman–Crippen LogP) is 3.02. The van der Waals surface area contributed by atoms with Crippen LogP contribution in [-0.2, 0) is 30.8 Å². The van der Waals surface area contributed by atoms with Crippen LogP contribution in [0.2, 0.25) is 0 Å². The Hall–Kier alpha value is -3.48. The van der Waals surface area contributed by atoms with Crippen LogP contribution in [-0.4, -0.2) is 70.4 Å².